The first-order chi connectivity index (χ1) is 9.95. The largest absolute Gasteiger partial charge is 0.495 e. The highest BCUT2D eigenvalue weighted by Crippen LogP contribution is 2.31. The number of methoxy groups -OCH3 is 1. The van der Waals surface area contributed by atoms with Crippen molar-refractivity contribution in [1.82, 2.24) is 4.90 Å². The van der Waals surface area contributed by atoms with E-state index in [1.165, 1.54) is 0 Å². The summed E-state index contributed by atoms with van der Waals surface area (Å²) in [6.07, 6.45) is 2.57. The van der Waals surface area contributed by atoms with E-state index in [-0.39, 0.29) is 11.3 Å². The summed E-state index contributed by atoms with van der Waals surface area (Å²) < 4.78 is 5.22. The van der Waals surface area contributed by atoms with Gasteiger partial charge in [-0.3, -0.25) is 4.79 Å². The van der Waals surface area contributed by atoms with Crippen molar-refractivity contribution in [1.29, 1.82) is 5.26 Å². The second-order valence-electron chi connectivity index (χ2n) is 6.38. The lowest BCUT2D eigenvalue weighted by Crippen LogP contribution is -2.30. The van der Waals surface area contributed by atoms with Crippen LogP contribution in [0.3, 0.4) is 0 Å². The summed E-state index contributed by atoms with van der Waals surface area (Å²) in [6.45, 7) is 5.80. The van der Waals surface area contributed by atoms with Crippen LogP contribution in [0.15, 0.2) is 18.2 Å². The lowest BCUT2D eigenvalue weighted by molar-refractivity contribution is -0.131. The molecule has 0 radical (unpaired) electrons. The summed E-state index contributed by atoms with van der Waals surface area (Å²) in [5, 5.41) is 9.00. The van der Waals surface area contributed by atoms with Crippen molar-refractivity contribution in [3.05, 3.63) is 29.3 Å². The van der Waals surface area contributed by atoms with Crippen LogP contribution in [0.1, 0.15) is 44.2 Å². The van der Waals surface area contributed by atoms with E-state index < -0.39 is 0 Å². The lowest BCUT2D eigenvalue weighted by atomic mass is 9.85. The smallest absolute Gasteiger partial charge is 0.222 e. The minimum Gasteiger partial charge on any atom is -0.495 e. The van der Waals surface area contributed by atoms with Crippen LogP contribution in [0, 0.1) is 16.7 Å². The Labute approximate surface area is 126 Å². The van der Waals surface area contributed by atoms with E-state index in [0.29, 0.717) is 24.3 Å². The number of hydrogen-bond acceptors (Lipinski definition) is 3. The molecule has 1 saturated heterocycles. The van der Waals surface area contributed by atoms with E-state index in [4.69, 9.17) is 10.00 Å². The Bertz CT molecular complexity index is 573. The van der Waals surface area contributed by atoms with Gasteiger partial charge in [-0.1, -0.05) is 19.9 Å². The molecule has 4 heteroatoms. The van der Waals surface area contributed by atoms with Crippen LogP contribution in [-0.2, 0) is 11.3 Å². The molecular formula is C17H22N2O2. The SMILES string of the molecule is COc1cc(CN2CCC(C)(C)CCC2=O)ccc1C#N. The molecule has 0 bridgehead atoms. The van der Waals surface area contributed by atoms with Crippen LogP contribution in [0.5, 0.6) is 5.75 Å². The van der Waals surface area contributed by atoms with Crippen LogP contribution >= 0.6 is 0 Å². The molecule has 0 unspecified atom stereocenters. The topological polar surface area (TPSA) is 53.3 Å². The Morgan fingerprint density at radius 2 is 2.14 bits per heavy atom. The molecule has 1 heterocycles. The third-order valence-electron chi connectivity index (χ3n) is 4.19. The standard InChI is InChI=1S/C17H22N2O2/c1-17(2)7-6-16(20)19(9-8-17)12-13-4-5-14(11-18)15(10-13)21-3/h4-5,10H,6-9,12H2,1-3H3. The first-order valence-corrected chi connectivity index (χ1v) is 7.30. The van der Waals surface area contributed by atoms with Gasteiger partial charge >= 0.3 is 0 Å². The normalized spacial score (nSPS) is 18.0. The second kappa shape index (κ2) is 6.17. The predicted octanol–water partition coefficient (Wildman–Crippen LogP) is 3.11. The van der Waals surface area contributed by atoms with Crippen molar-refractivity contribution >= 4 is 5.91 Å². The van der Waals surface area contributed by atoms with Gasteiger partial charge in [-0.2, -0.15) is 5.26 Å². The zero-order valence-corrected chi connectivity index (χ0v) is 13.0. The molecule has 112 valence electrons. The molecule has 0 N–H and O–H groups in total. The summed E-state index contributed by atoms with van der Waals surface area (Å²) in [4.78, 5) is 14.1. The molecule has 2 rings (SSSR count). The third kappa shape index (κ3) is 3.75. The van der Waals surface area contributed by atoms with Gasteiger partial charge in [-0.05, 0) is 36.0 Å². The molecule has 0 aliphatic carbocycles. The minimum atomic E-state index is 0.212. The van der Waals surface area contributed by atoms with Crippen molar-refractivity contribution < 1.29 is 9.53 Å². The number of hydrogen-bond donors (Lipinski definition) is 0. The van der Waals surface area contributed by atoms with E-state index in [9.17, 15) is 4.79 Å². The van der Waals surface area contributed by atoms with Crippen molar-refractivity contribution in [2.45, 2.75) is 39.7 Å². The van der Waals surface area contributed by atoms with Gasteiger partial charge in [0.15, 0.2) is 0 Å². The highest BCUT2D eigenvalue weighted by atomic mass is 16.5. The Morgan fingerprint density at radius 3 is 2.81 bits per heavy atom. The molecule has 1 amide bonds. The molecule has 21 heavy (non-hydrogen) atoms. The summed E-state index contributed by atoms with van der Waals surface area (Å²) in [5.74, 6) is 0.779. The fourth-order valence-electron chi connectivity index (χ4n) is 2.60. The molecule has 1 aliphatic heterocycles. The maximum Gasteiger partial charge on any atom is 0.222 e. The van der Waals surface area contributed by atoms with Gasteiger partial charge < -0.3 is 9.64 Å². The van der Waals surface area contributed by atoms with Crippen LogP contribution in [-0.4, -0.2) is 24.5 Å². The monoisotopic (exact) mass is 286 g/mol. The number of benzene rings is 1. The highest BCUT2D eigenvalue weighted by molar-refractivity contribution is 5.76. The number of ether oxygens (including phenoxy) is 1. The first-order valence-electron chi connectivity index (χ1n) is 7.30. The van der Waals surface area contributed by atoms with Crippen molar-refractivity contribution in [2.24, 2.45) is 5.41 Å². The van der Waals surface area contributed by atoms with Gasteiger partial charge in [0.2, 0.25) is 5.91 Å². The van der Waals surface area contributed by atoms with Gasteiger partial charge in [0.25, 0.3) is 0 Å². The first kappa shape index (κ1) is 15.4. The van der Waals surface area contributed by atoms with Crippen molar-refractivity contribution in [3.8, 4) is 11.8 Å². The summed E-state index contributed by atoms with van der Waals surface area (Å²) in [5.41, 5.74) is 1.75. The summed E-state index contributed by atoms with van der Waals surface area (Å²) >= 11 is 0. The molecule has 1 aromatic carbocycles. The summed E-state index contributed by atoms with van der Waals surface area (Å²) in [7, 11) is 1.56. The number of carbonyl (C=O) groups is 1. The highest BCUT2D eigenvalue weighted by Gasteiger charge is 2.27. The van der Waals surface area contributed by atoms with Gasteiger partial charge in [0, 0.05) is 19.5 Å². The molecule has 1 fully saturated rings. The van der Waals surface area contributed by atoms with Gasteiger partial charge in [0.05, 0.1) is 12.7 Å². The maximum absolute atomic E-state index is 12.2. The quantitative estimate of drug-likeness (QED) is 0.858. The van der Waals surface area contributed by atoms with Crippen LogP contribution in [0.25, 0.3) is 0 Å². The average Bonchev–Trinajstić information content (AvgIpc) is 2.60. The number of carbonyl (C=O) groups excluding carboxylic acids is 1. The van der Waals surface area contributed by atoms with Crippen molar-refractivity contribution in [3.63, 3.8) is 0 Å². The number of nitriles is 1. The molecule has 0 spiro atoms. The zero-order chi connectivity index (χ0) is 15.5. The van der Waals surface area contributed by atoms with E-state index in [0.717, 1.165) is 24.9 Å². The van der Waals surface area contributed by atoms with Gasteiger partial charge in [-0.25, -0.2) is 0 Å². The minimum absolute atomic E-state index is 0.212. The number of nitrogens with zero attached hydrogens (tertiary/aromatic N) is 2. The maximum atomic E-state index is 12.2. The Kier molecular flexibility index (Phi) is 4.52. The predicted molar refractivity (Wildman–Crippen MR) is 80.8 cm³/mol. The van der Waals surface area contributed by atoms with E-state index in [1.807, 2.05) is 17.0 Å². The zero-order valence-electron chi connectivity index (χ0n) is 13.0. The molecule has 0 aromatic heterocycles. The second-order valence-corrected chi connectivity index (χ2v) is 6.38. The van der Waals surface area contributed by atoms with Gasteiger partial charge in [-0.15, -0.1) is 0 Å². The van der Waals surface area contributed by atoms with Crippen LogP contribution in [0.2, 0.25) is 0 Å². The Morgan fingerprint density at radius 1 is 1.38 bits per heavy atom. The number of amides is 1. The molecule has 1 aliphatic rings. The third-order valence-corrected chi connectivity index (χ3v) is 4.19. The molecule has 1 aromatic rings. The molecule has 4 nitrogen and oxygen atoms in total. The lowest BCUT2D eigenvalue weighted by Gasteiger charge is -2.23. The molecule has 0 saturated carbocycles. The van der Waals surface area contributed by atoms with Crippen LogP contribution in [0.4, 0.5) is 0 Å². The van der Waals surface area contributed by atoms with Gasteiger partial charge in [0.1, 0.15) is 11.8 Å². The van der Waals surface area contributed by atoms with E-state index in [2.05, 4.69) is 19.9 Å². The van der Waals surface area contributed by atoms with E-state index >= 15 is 0 Å². The number of rotatable bonds is 3. The summed E-state index contributed by atoms with van der Waals surface area (Å²) in [6, 6.07) is 7.59. The molecule has 0 atom stereocenters. The van der Waals surface area contributed by atoms with E-state index in [1.54, 1.807) is 13.2 Å². The average molecular weight is 286 g/mol. The Hall–Kier alpha value is -2.02. The Balaban J connectivity index is 2.14. The van der Waals surface area contributed by atoms with Crippen LogP contribution < -0.4 is 4.74 Å². The number of likely N-dealkylation sites (tertiary alicyclic amines) is 1. The molecular weight excluding hydrogens is 264 g/mol. The van der Waals surface area contributed by atoms with Crippen molar-refractivity contribution in [2.75, 3.05) is 13.7 Å². The fraction of sp³-hybridized carbons (Fsp3) is 0.529. The fourth-order valence-corrected chi connectivity index (χ4v) is 2.60.